The molecule has 0 radical (unpaired) electrons. The van der Waals surface area contributed by atoms with Gasteiger partial charge in [-0.05, 0) is 31.2 Å². The third kappa shape index (κ3) is 3.90. The van der Waals surface area contributed by atoms with E-state index in [4.69, 9.17) is 27.9 Å². The van der Waals surface area contributed by atoms with Crippen molar-refractivity contribution in [2.24, 2.45) is 0 Å². The quantitative estimate of drug-likeness (QED) is 0.428. The van der Waals surface area contributed by atoms with Gasteiger partial charge in [0.1, 0.15) is 0 Å². The van der Waals surface area contributed by atoms with Gasteiger partial charge in [-0.3, -0.25) is 14.4 Å². The van der Waals surface area contributed by atoms with Crippen molar-refractivity contribution in [1.82, 2.24) is 0 Å². The summed E-state index contributed by atoms with van der Waals surface area (Å²) in [5.74, 6) is -2.33. The molecule has 1 N–H and O–H groups in total. The van der Waals surface area contributed by atoms with E-state index in [-0.39, 0.29) is 38.6 Å². The van der Waals surface area contributed by atoms with Crippen molar-refractivity contribution < 1.29 is 23.9 Å². The number of anilines is 1. The second kappa shape index (κ2) is 8.57. The molecule has 8 heteroatoms. The Morgan fingerprint density at radius 2 is 1.53 bits per heavy atom. The minimum atomic E-state index is -1.20. The zero-order valence-electron chi connectivity index (χ0n) is 16.6. The van der Waals surface area contributed by atoms with Crippen LogP contribution in [0, 0.1) is 0 Å². The summed E-state index contributed by atoms with van der Waals surface area (Å²) in [5, 5.41) is 3.19. The average Bonchev–Trinajstić information content (AvgIpc) is 2.78. The Bertz CT molecular complexity index is 1300. The standard InChI is InChI=1S/C24H15Cl2NO5/c1-12(23(30)27-19-10-9-13(25)11-18(19)26)32-24(31)17-8-4-7-16-20(17)22(29)15-6-3-2-5-14(15)21(16)28/h2-12H,1H3,(H,27,30)/t12-/m0/s1. The molecule has 3 aromatic carbocycles. The fourth-order valence-electron chi connectivity index (χ4n) is 3.42. The van der Waals surface area contributed by atoms with Crippen molar-refractivity contribution in [3.8, 4) is 0 Å². The lowest BCUT2D eigenvalue weighted by Gasteiger charge is -2.20. The predicted octanol–water partition coefficient (Wildman–Crippen LogP) is 4.95. The van der Waals surface area contributed by atoms with Crippen LogP contribution in [0.5, 0.6) is 0 Å². The summed E-state index contributed by atoms with van der Waals surface area (Å²) < 4.78 is 5.29. The fourth-order valence-corrected chi connectivity index (χ4v) is 3.87. The van der Waals surface area contributed by atoms with Crippen molar-refractivity contribution in [3.05, 3.63) is 98.5 Å². The second-order valence-electron chi connectivity index (χ2n) is 7.09. The molecule has 0 saturated heterocycles. The average molecular weight is 468 g/mol. The van der Waals surface area contributed by atoms with Crippen LogP contribution in [0.4, 0.5) is 5.69 Å². The number of benzene rings is 3. The Hall–Kier alpha value is -3.48. The second-order valence-corrected chi connectivity index (χ2v) is 7.94. The third-order valence-corrected chi connectivity index (χ3v) is 5.56. The van der Waals surface area contributed by atoms with E-state index in [1.807, 2.05) is 0 Å². The molecule has 1 aliphatic rings. The molecule has 0 aliphatic heterocycles. The van der Waals surface area contributed by atoms with Crippen LogP contribution in [0.25, 0.3) is 0 Å². The normalized spacial score (nSPS) is 13.1. The Kier molecular flexibility index (Phi) is 5.82. The van der Waals surface area contributed by atoms with E-state index in [1.54, 1.807) is 24.3 Å². The van der Waals surface area contributed by atoms with Crippen LogP contribution in [-0.4, -0.2) is 29.5 Å². The zero-order chi connectivity index (χ0) is 23.0. The first-order chi connectivity index (χ1) is 15.3. The minimum Gasteiger partial charge on any atom is -0.449 e. The highest BCUT2D eigenvalue weighted by molar-refractivity contribution is 6.36. The molecular weight excluding hydrogens is 453 g/mol. The number of amides is 1. The van der Waals surface area contributed by atoms with E-state index >= 15 is 0 Å². The lowest BCUT2D eigenvalue weighted by Crippen LogP contribution is -2.31. The number of hydrogen-bond acceptors (Lipinski definition) is 5. The first kappa shape index (κ1) is 21.7. The summed E-state index contributed by atoms with van der Waals surface area (Å²) in [7, 11) is 0. The molecule has 0 unspecified atom stereocenters. The number of esters is 1. The number of carbonyl (C=O) groups is 4. The molecule has 0 aromatic heterocycles. The maximum Gasteiger partial charge on any atom is 0.339 e. The molecule has 3 aromatic rings. The van der Waals surface area contributed by atoms with Crippen LogP contribution in [0.2, 0.25) is 10.0 Å². The van der Waals surface area contributed by atoms with Crippen LogP contribution in [0.1, 0.15) is 49.1 Å². The largest absolute Gasteiger partial charge is 0.449 e. The van der Waals surface area contributed by atoms with E-state index in [0.717, 1.165) is 0 Å². The zero-order valence-corrected chi connectivity index (χ0v) is 18.2. The number of rotatable bonds is 4. The van der Waals surface area contributed by atoms with Crippen LogP contribution >= 0.6 is 23.2 Å². The number of hydrogen-bond donors (Lipinski definition) is 1. The van der Waals surface area contributed by atoms with E-state index in [1.165, 1.54) is 43.3 Å². The predicted molar refractivity (Wildman–Crippen MR) is 120 cm³/mol. The molecular formula is C24H15Cl2NO5. The lowest BCUT2D eigenvalue weighted by molar-refractivity contribution is -0.123. The van der Waals surface area contributed by atoms with Gasteiger partial charge in [0, 0.05) is 27.3 Å². The summed E-state index contributed by atoms with van der Waals surface area (Å²) in [6.07, 6.45) is -1.20. The van der Waals surface area contributed by atoms with E-state index in [9.17, 15) is 19.2 Å². The van der Waals surface area contributed by atoms with Crippen LogP contribution < -0.4 is 5.32 Å². The lowest BCUT2D eigenvalue weighted by atomic mass is 9.82. The van der Waals surface area contributed by atoms with Gasteiger partial charge < -0.3 is 10.1 Å². The Morgan fingerprint density at radius 3 is 2.22 bits per heavy atom. The highest BCUT2D eigenvalue weighted by Gasteiger charge is 2.34. The number of ether oxygens (including phenoxy) is 1. The van der Waals surface area contributed by atoms with Gasteiger partial charge in [-0.1, -0.05) is 59.6 Å². The number of fused-ring (bicyclic) bond motifs is 2. The van der Waals surface area contributed by atoms with Crippen LogP contribution in [0.3, 0.4) is 0 Å². The van der Waals surface area contributed by atoms with Gasteiger partial charge in [0.05, 0.1) is 16.3 Å². The Morgan fingerprint density at radius 1 is 0.875 bits per heavy atom. The first-order valence-corrected chi connectivity index (χ1v) is 10.3. The summed E-state index contributed by atoms with van der Waals surface area (Å²) >= 11 is 11.9. The number of carbonyl (C=O) groups excluding carboxylic acids is 4. The minimum absolute atomic E-state index is 0.0328. The van der Waals surface area contributed by atoms with Gasteiger partial charge >= 0.3 is 5.97 Å². The van der Waals surface area contributed by atoms with Crippen LogP contribution in [-0.2, 0) is 9.53 Å². The highest BCUT2D eigenvalue weighted by atomic mass is 35.5. The molecule has 0 bridgehead atoms. The van der Waals surface area contributed by atoms with Gasteiger partial charge in [0.2, 0.25) is 0 Å². The summed E-state index contributed by atoms with van der Waals surface area (Å²) in [4.78, 5) is 51.2. The molecule has 4 rings (SSSR count). The summed E-state index contributed by atoms with van der Waals surface area (Å²) in [6, 6.07) is 15.3. The maximum absolute atomic E-state index is 13.0. The molecule has 1 aliphatic carbocycles. The SMILES string of the molecule is C[C@H](OC(=O)c1cccc2c1C(=O)c1ccccc1C2=O)C(=O)Nc1ccc(Cl)cc1Cl. The van der Waals surface area contributed by atoms with Crippen molar-refractivity contribution >= 4 is 52.3 Å². The van der Waals surface area contributed by atoms with Crippen LogP contribution in [0.15, 0.2) is 60.7 Å². The van der Waals surface area contributed by atoms with Gasteiger partial charge in [0.25, 0.3) is 5.91 Å². The number of ketones is 2. The molecule has 32 heavy (non-hydrogen) atoms. The number of halogens is 2. The summed E-state index contributed by atoms with van der Waals surface area (Å²) in [6.45, 7) is 1.38. The molecule has 0 fully saturated rings. The smallest absolute Gasteiger partial charge is 0.339 e. The fraction of sp³-hybridized carbons (Fsp3) is 0.0833. The first-order valence-electron chi connectivity index (χ1n) is 9.56. The molecule has 6 nitrogen and oxygen atoms in total. The van der Waals surface area contributed by atoms with Gasteiger partial charge in [0.15, 0.2) is 17.7 Å². The summed E-state index contributed by atoms with van der Waals surface area (Å²) in [5.41, 5.74) is 0.803. The molecule has 1 atom stereocenters. The maximum atomic E-state index is 13.0. The van der Waals surface area contributed by atoms with Crippen molar-refractivity contribution in [2.45, 2.75) is 13.0 Å². The van der Waals surface area contributed by atoms with Gasteiger partial charge in [-0.15, -0.1) is 0 Å². The van der Waals surface area contributed by atoms with Crippen molar-refractivity contribution in [3.63, 3.8) is 0 Å². The van der Waals surface area contributed by atoms with E-state index < -0.39 is 23.8 Å². The Labute approximate surface area is 193 Å². The monoisotopic (exact) mass is 467 g/mol. The van der Waals surface area contributed by atoms with Gasteiger partial charge in [-0.2, -0.15) is 0 Å². The molecule has 1 amide bonds. The highest BCUT2D eigenvalue weighted by Crippen LogP contribution is 2.30. The number of nitrogens with one attached hydrogen (secondary N) is 1. The Balaban J connectivity index is 1.57. The van der Waals surface area contributed by atoms with Crippen molar-refractivity contribution in [2.75, 3.05) is 5.32 Å². The van der Waals surface area contributed by atoms with Gasteiger partial charge in [-0.25, -0.2) is 4.79 Å². The van der Waals surface area contributed by atoms with E-state index in [2.05, 4.69) is 5.32 Å². The third-order valence-electron chi connectivity index (χ3n) is 5.01. The molecule has 160 valence electrons. The topological polar surface area (TPSA) is 89.5 Å². The molecule has 0 heterocycles. The molecule has 0 saturated carbocycles. The molecule has 0 spiro atoms. The van der Waals surface area contributed by atoms with Crippen molar-refractivity contribution in [1.29, 1.82) is 0 Å². The van der Waals surface area contributed by atoms with E-state index in [0.29, 0.717) is 10.7 Å².